The molecule has 1 fully saturated rings. The highest BCUT2D eigenvalue weighted by Gasteiger charge is 2.40. The summed E-state index contributed by atoms with van der Waals surface area (Å²) < 4.78 is 5.10. The predicted octanol–water partition coefficient (Wildman–Crippen LogP) is 2.75. The van der Waals surface area contributed by atoms with E-state index in [0.717, 1.165) is 11.1 Å². The van der Waals surface area contributed by atoms with Gasteiger partial charge in [-0.15, -0.1) is 5.10 Å². The van der Waals surface area contributed by atoms with E-state index in [1.165, 1.54) is 5.01 Å². The van der Waals surface area contributed by atoms with Gasteiger partial charge < -0.3 is 10.1 Å². The Hall–Kier alpha value is -3.20. The third kappa shape index (κ3) is 4.06. The molecule has 0 radical (unpaired) electrons. The number of carbonyl (C=O) groups is 2. The van der Waals surface area contributed by atoms with Gasteiger partial charge in [0.2, 0.25) is 0 Å². The summed E-state index contributed by atoms with van der Waals surface area (Å²) in [5.74, 6) is 0. The van der Waals surface area contributed by atoms with Crippen LogP contribution in [0.25, 0.3) is 0 Å². The molecule has 2 aliphatic heterocycles. The van der Waals surface area contributed by atoms with Crippen LogP contribution in [-0.4, -0.2) is 63.7 Å². The summed E-state index contributed by atoms with van der Waals surface area (Å²) in [7, 11) is 0. The number of benzene rings is 1. The zero-order chi connectivity index (χ0) is 21.3. The second-order valence-corrected chi connectivity index (χ2v) is 7.60. The number of nitrogens with zero attached hydrogens (tertiary/aromatic N) is 5. The van der Waals surface area contributed by atoms with Crippen LogP contribution in [0.1, 0.15) is 29.8 Å². The fourth-order valence-electron chi connectivity index (χ4n) is 3.42. The third-order valence-electron chi connectivity index (χ3n) is 5.08. The van der Waals surface area contributed by atoms with Crippen molar-refractivity contribution >= 4 is 29.4 Å². The molecule has 3 heterocycles. The Morgan fingerprint density at radius 1 is 1.23 bits per heavy atom. The molecule has 2 aromatic rings. The first kappa shape index (κ1) is 20.1. The van der Waals surface area contributed by atoms with Crippen LogP contribution >= 0.6 is 11.6 Å². The maximum absolute atomic E-state index is 12.9. The Bertz CT molecular complexity index is 979. The molecular weight excluding hydrogens is 408 g/mol. The second-order valence-electron chi connectivity index (χ2n) is 7.21. The zero-order valence-corrected chi connectivity index (χ0v) is 17.3. The molecule has 3 amide bonds. The molecule has 0 saturated carbocycles. The molecule has 30 heavy (non-hydrogen) atoms. The first-order valence-electron chi connectivity index (χ1n) is 9.58. The molecule has 1 aromatic heterocycles. The molecule has 1 N–H and O–H groups in total. The highest BCUT2D eigenvalue weighted by atomic mass is 35.5. The van der Waals surface area contributed by atoms with E-state index >= 15 is 0 Å². The number of urea groups is 1. The number of hydrazone groups is 1. The first-order valence-corrected chi connectivity index (χ1v) is 9.96. The molecule has 9 nitrogen and oxygen atoms in total. The number of amides is 3. The molecule has 1 aromatic carbocycles. The van der Waals surface area contributed by atoms with Crippen LogP contribution in [0.15, 0.2) is 41.5 Å². The van der Waals surface area contributed by atoms with Gasteiger partial charge in [0.15, 0.2) is 5.15 Å². The largest absolute Gasteiger partial charge is 0.448 e. The normalized spacial score (nSPS) is 19.5. The lowest BCUT2D eigenvalue weighted by Crippen LogP contribution is -2.46. The van der Waals surface area contributed by atoms with Gasteiger partial charge in [-0.05, 0) is 31.5 Å². The summed E-state index contributed by atoms with van der Waals surface area (Å²) >= 11 is 5.77. The average molecular weight is 429 g/mol. The van der Waals surface area contributed by atoms with Crippen molar-refractivity contribution in [3.63, 3.8) is 0 Å². The van der Waals surface area contributed by atoms with Gasteiger partial charge in [0, 0.05) is 0 Å². The number of halogens is 1. The van der Waals surface area contributed by atoms with Gasteiger partial charge in [-0.25, -0.2) is 14.6 Å². The van der Waals surface area contributed by atoms with Gasteiger partial charge in [0.1, 0.15) is 6.61 Å². The molecule has 0 spiro atoms. The molecular formula is C20H21ClN6O3. The molecule has 0 bridgehead atoms. The number of aryl methyl sites for hydroxylation is 1. The fourth-order valence-corrected chi connectivity index (χ4v) is 3.52. The predicted molar refractivity (Wildman–Crippen MR) is 110 cm³/mol. The van der Waals surface area contributed by atoms with Gasteiger partial charge in [-0.3, -0.25) is 4.90 Å². The second kappa shape index (κ2) is 8.27. The summed E-state index contributed by atoms with van der Waals surface area (Å²) in [6.45, 7) is 4.82. The van der Waals surface area contributed by atoms with Gasteiger partial charge in [-0.2, -0.15) is 10.2 Å². The molecule has 1 saturated heterocycles. The van der Waals surface area contributed by atoms with E-state index < -0.39 is 12.1 Å². The number of carbonyl (C=O) groups excluding carboxylic acids is 2. The monoisotopic (exact) mass is 428 g/mol. The van der Waals surface area contributed by atoms with Gasteiger partial charge in [-0.1, -0.05) is 41.4 Å². The van der Waals surface area contributed by atoms with Crippen molar-refractivity contribution in [2.45, 2.75) is 25.9 Å². The van der Waals surface area contributed by atoms with E-state index in [-0.39, 0.29) is 23.8 Å². The van der Waals surface area contributed by atoms with Crippen molar-refractivity contribution in [3.05, 3.63) is 58.4 Å². The number of cyclic esters (lactones) is 1. The van der Waals surface area contributed by atoms with Gasteiger partial charge in [0.25, 0.3) is 0 Å². The molecule has 0 aliphatic carbocycles. The lowest BCUT2D eigenvalue weighted by molar-refractivity contribution is 0.150. The van der Waals surface area contributed by atoms with Crippen LogP contribution in [0.3, 0.4) is 0 Å². The standard InChI is InChI=1S/C20H21ClN6O3/c1-12-3-5-14(6-4-12)18-16(26-9-10-30-20(26)29)11-27(25-18)19(28)22-13(2)15-7-8-17(21)24-23-15/h3-8,13,16H,9-11H2,1-2H3,(H,22,28)/t13-,16?/m1/s1. The number of hydrogen-bond acceptors (Lipinski definition) is 6. The van der Waals surface area contributed by atoms with Crippen LogP contribution < -0.4 is 5.32 Å². The molecule has 2 atom stereocenters. The topological polar surface area (TPSA) is 100 Å². The van der Waals surface area contributed by atoms with Gasteiger partial charge in [0.05, 0.1) is 36.6 Å². The van der Waals surface area contributed by atoms with Crippen LogP contribution in [0, 0.1) is 6.92 Å². The van der Waals surface area contributed by atoms with Crippen molar-refractivity contribution in [3.8, 4) is 0 Å². The highest BCUT2D eigenvalue weighted by Crippen LogP contribution is 2.23. The molecule has 10 heteroatoms. The first-order chi connectivity index (χ1) is 14.4. The highest BCUT2D eigenvalue weighted by molar-refractivity contribution is 6.29. The summed E-state index contributed by atoms with van der Waals surface area (Å²) in [5, 5.41) is 16.8. The van der Waals surface area contributed by atoms with Crippen molar-refractivity contribution in [1.82, 2.24) is 25.4 Å². The van der Waals surface area contributed by atoms with Crippen LogP contribution in [0.2, 0.25) is 5.15 Å². The minimum absolute atomic E-state index is 0.239. The molecule has 156 valence electrons. The Balaban J connectivity index is 1.55. The minimum atomic E-state index is -0.396. The summed E-state index contributed by atoms with van der Waals surface area (Å²) in [6, 6.07) is 9.99. The molecule has 2 aliphatic rings. The fraction of sp³-hybridized carbons (Fsp3) is 0.350. The smallest absolute Gasteiger partial charge is 0.410 e. The minimum Gasteiger partial charge on any atom is -0.448 e. The van der Waals surface area contributed by atoms with E-state index in [1.54, 1.807) is 24.0 Å². The SMILES string of the molecule is Cc1ccc(C2=NN(C(=O)N[C@H](C)c3ccc(Cl)nn3)CC2N2CCOC2=O)cc1. The van der Waals surface area contributed by atoms with Crippen molar-refractivity contribution < 1.29 is 14.3 Å². The van der Waals surface area contributed by atoms with Crippen LogP contribution in [-0.2, 0) is 4.74 Å². The molecule has 4 rings (SSSR count). The van der Waals surface area contributed by atoms with Crippen LogP contribution in [0.4, 0.5) is 9.59 Å². The number of hydrogen-bond donors (Lipinski definition) is 1. The number of aromatic nitrogens is 2. The zero-order valence-electron chi connectivity index (χ0n) is 16.6. The summed E-state index contributed by atoms with van der Waals surface area (Å²) in [5.41, 5.74) is 3.21. The third-order valence-corrected chi connectivity index (χ3v) is 5.28. The van der Waals surface area contributed by atoms with E-state index in [1.807, 2.05) is 31.2 Å². The number of ether oxygens (including phenoxy) is 1. The Kier molecular flexibility index (Phi) is 5.54. The van der Waals surface area contributed by atoms with E-state index in [2.05, 4.69) is 20.6 Å². The van der Waals surface area contributed by atoms with E-state index in [4.69, 9.17) is 16.3 Å². The van der Waals surface area contributed by atoms with Gasteiger partial charge >= 0.3 is 12.1 Å². The van der Waals surface area contributed by atoms with E-state index in [0.29, 0.717) is 24.6 Å². The average Bonchev–Trinajstić information content (AvgIpc) is 3.35. The summed E-state index contributed by atoms with van der Waals surface area (Å²) in [4.78, 5) is 26.6. The molecule has 1 unspecified atom stereocenters. The summed E-state index contributed by atoms with van der Waals surface area (Å²) in [6.07, 6.45) is -0.396. The number of rotatable bonds is 4. The van der Waals surface area contributed by atoms with Crippen LogP contribution in [0.5, 0.6) is 0 Å². The van der Waals surface area contributed by atoms with Crippen molar-refractivity contribution in [2.24, 2.45) is 5.10 Å². The van der Waals surface area contributed by atoms with E-state index in [9.17, 15) is 9.59 Å². The lowest BCUT2D eigenvalue weighted by atomic mass is 10.0. The van der Waals surface area contributed by atoms with Crippen molar-refractivity contribution in [1.29, 1.82) is 0 Å². The Labute approximate surface area is 178 Å². The Morgan fingerprint density at radius 2 is 2.00 bits per heavy atom. The maximum atomic E-state index is 12.9. The Morgan fingerprint density at radius 3 is 2.63 bits per heavy atom. The maximum Gasteiger partial charge on any atom is 0.410 e. The van der Waals surface area contributed by atoms with Crippen molar-refractivity contribution in [2.75, 3.05) is 19.7 Å². The lowest BCUT2D eigenvalue weighted by Gasteiger charge is -2.23. The quantitative estimate of drug-likeness (QED) is 0.807. The number of nitrogens with one attached hydrogen (secondary N) is 1.